The molecular formula is C6H11BNO2. The van der Waals surface area contributed by atoms with Gasteiger partial charge in [0, 0.05) is 6.42 Å². The van der Waals surface area contributed by atoms with Crippen molar-refractivity contribution in [3.63, 3.8) is 0 Å². The first-order valence-electron chi connectivity index (χ1n) is 3.79. The van der Waals surface area contributed by atoms with Crippen LogP contribution in [-0.2, 0) is 9.39 Å². The second-order valence-electron chi connectivity index (χ2n) is 2.72. The predicted octanol–water partition coefficient (Wildman–Crippen LogP) is -0.115. The highest BCUT2D eigenvalue weighted by atomic mass is 16.7. The van der Waals surface area contributed by atoms with E-state index < -0.39 is 0 Å². The Kier molecular flexibility index (Phi) is 1.93. The van der Waals surface area contributed by atoms with Crippen LogP contribution in [0.25, 0.3) is 0 Å². The van der Waals surface area contributed by atoms with Crippen LogP contribution < -0.4 is 0 Å². The minimum atomic E-state index is 0.731. The SMILES string of the molecule is B(O[C]1CCO1)N1CCC1. The van der Waals surface area contributed by atoms with Crippen LogP contribution in [0.1, 0.15) is 12.8 Å². The normalized spacial score (nSPS) is 27.2. The Bertz CT molecular complexity index is 100. The van der Waals surface area contributed by atoms with Gasteiger partial charge in [-0.05, 0) is 19.5 Å². The molecule has 0 aromatic heterocycles. The molecule has 0 saturated carbocycles. The molecule has 0 spiro atoms. The lowest BCUT2D eigenvalue weighted by Crippen LogP contribution is -2.42. The summed E-state index contributed by atoms with van der Waals surface area (Å²) in [6.07, 6.45) is 3.14. The van der Waals surface area contributed by atoms with E-state index in [1.54, 1.807) is 0 Å². The Balaban J connectivity index is 1.54. The van der Waals surface area contributed by atoms with Crippen molar-refractivity contribution in [3.05, 3.63) is 6.29 Å². The maximum atomic E-state index is 5.30. The number of hydrogen-bond acceptors (Lipinski definition) is 3. The summed E-state index contributed by atoms with van der Waals surface area (Å²) in [6, 6.07) is 0. The summed E-state index contributed by atoms with van der Waals surface area (Å²) in [5.74, 6) is 0. The first-order valence-corrected chi connectivity index (χ1v) is 3.79. The first kappa shape index (κ1) is 6.64. The highest BCUT2D eigenvalue weighted by Gasteiger charge is 2.24. The summed E-state index contributed by atoms with van der Waals surface area (Å²) in [7, 11) is 0.731. The van der Waals surface area contributed by atoms with Gasteiger partial charge >= 0.3 is 7.62 Å². The zero-order valence-corrected chi connectivity index (χ0v) is 6.01. The van der Waals surface area contributed by atoms with Crippen molar-refractivity contribution in [2.45, 2.75) is 12.8 Å². The van der Waals surface area contributed by atoms with E-state index in [4.69, 9.17) is 9.39 Å². The highest BCUT2D eigenvalue weighted by Crippen LogP contribution is 2.20. The Morgan fingerprint density at radius 2 is 2.30 bits per heavy atom. The van der Waals surface area contributed by atoms with Crippen LogP contribution in [0.2, 0.25) is 0 Å². The van der Waals surface area contributed by atoms with E-state index >= 15 is 0 Å². The summed E-state index contributed by atoms with van der Waals surface area (Å²) in [6.45, 7) is 3.22. The molecule has 0 unspecified atom stereocenters. The maximum Gasteiger partial charge on any atom is 0.366 e. The summed E-state index contributed by atoms with van der Waals surface area (Å²) >= 11 is 0. The van der Waals surface area contributed by atoms with Gasteiger partial charge in [0.05, 0.1) is 6.61 Å². The standard InChI is InChI=1S/C6H11BNO2/c1-3-8(4-1)7-10-6-2-5-9-6/h7H,1-5H2. The lowest BCUT2D eigenvalue weighted by Gasteiger charge is -2.32. The van der Waals surface area contributed by atoms with Crippen LogP contribution in [-0.4, -0.2) is 32.1 Å². The molecule has 55 valence electrons. The molecule has 10 heavy (non-hydrogen) atoms. The third-order valence-corrected chi connectivity index (χ3v) is 1.93. The fourth-order valence-corrected chi connectivity index (χ4v) is 0.973. The molecule has 2 rings (SSSR count). The van der Waals surface area contributed by atoms with E-state index in [2.05, 4.69) is 4.81 Å². The van der Waals surface area contributed by atoms with E-state index in [-0.39, 0.29) is 0 Å². The Morgan fingerprint density at radius 3 is 2.70 bits per heavy atom. The van der Waals surface area contributed by atoms with Crippen LogP contribution in [0.4, 0.5) is 0 Å². The van der Waals surface area contributed by atoms with Crippen molar-refractivity contribution in [1.29, 1.82) is 0 Å². The zero-order chi connectivity index (χ0) is 6.81. The molecule has 0 bridgehead atoms. The molecule has 0 N–H and O–H groups in total. The van der Waals surface area contributed by atoms with E-state index in [1.165, 1.54) is 19.5 Å². The predicted molar refractivity (Wildman–Crippen MR) is 38.2 cm³/mol. The van der Waals surface area contributed by atoms with Crippen molar-refractivity contribution in [3.8, 4) is 0 Å². The van der Waals surface area contributed by atoms with E-state index in [0.29, 0.717) is 0 Å². The van der Waals surface area contributed by atoms with Gasteiger partial charge < -0.3 is 14.2 Å². The van der Waals surface area contributed by atoms with Crippen LogP contribution >= 0.6 is 0 Å². The van der Waals surface area contributed by atoms with Gasteiger partial charge in [0.15, 0.2) is 0 Å². The number of nitrogens with zero attached hydrogens (tertiary/aromatic N) is 1. The summed E-state index contributed by atoms with van der Waals surface area (Å²) in [4.78, 5) is 2.26. The lowest BCUT2D eigenvalue weighted by atomic mass is 10.1. The molecule has 0 atom stereocenters. The molecule has 0 amide bonds. The second kappa shape index (κ2) is 2.90. The van der Waals surface area contributed by atoms with Crippen molar-refractivity contribution >= 4 is 7.62 Å². The molecule has 0 aliphatic carbocycles. The number of hydrogen-bond donors (Lipinski definition) is 0. The van der Waals surface area contributed by atoms with Gasteiger partial charge in [-0.1, -0.05) is 0 Å². The topological polar surface area (TPSA) is 21.7 Å². The fourth-order valence-electron chi connectivity index (χ4n) is 0.973. The molecule has 2 fully saturated rings. The lowest BCUT2D eigenvalue weighted by molar-refractivity contribution is -0.0694. The van der Waals surface area contributed by atoms with E-state index in [0.717, 1.165) is 26.9 Å². The largest absolute Gasteiger partial charge is 0.393 e. The third kappa shape index (κ3) is 1.33. The molecule has 2 heterocycles. The maximum absolute atomic E-state index is 5.30. The zero-order valence-electron chi connectivity index (χ0n) is 6.01. The fraction of sp³-hybridized carbons (Fsp3) is 0.833. The molecule has 2 saturated heterocycles. The quantitative estimate of drug-likeness (QED) is 0.510. The third-order valence-electron chi connectivity index (χ3n) is 1.93. The monoisotopic (exact) mass is 140 g/mol. The molecular weight excluding hydrogens is 129 g/mol. The van der Waals surface area contributed by atoms with Gasteiger partial charge in [-0.15, -0.1) is 0 Å². The van der Waals surface area contributed by atoms with Gasteiger partial charge in [0.25, 0.3) is 0 Å². The minimum absolute atomic E-state index is 0.731. The van der Waals surface area contributed by atoms with Gasteiger partial charge in [-0.3, -0.25) is 0 Å². The van der Waals surface area contributed by atoms with Crippen LogP contribution in [0, 0.1) is 6.29 Å². The average molecular weight is 140 g/mol. The van der Waals surface area contributed by atoms with Gasteiger partial charge in [-0.2, -0.15) is 0 Å². The number of ether oxygens (including phenoxy) is 1. The molecule has 2 aliphatic rings. The molecule has 3 nitrogen and oxygen atoms in total. The summed E-state index contributed by atoms with van der Waals surface area (Å²) in [5.41, 5.74) is 0. The van der Waals surface area contributed by atoms with Crippen LogP contribution in [0.5, 0.6) is 0 Å². The van der Waals surface area contributed by atoms with Gasteiger partial charge in [0.1, 0.15) is 0 Å². The smallest absolute Gasteiger partial charge is 0.366 e. The Morgan fingerprint density at radius 1 is 1.50 bits per heavy atom. The van der Waals surface area contributed by atoms with E-state index in [1.807, 2.05) is 0 Å². The average Bonchev–Trinajstić information content (AvgIpc) is 1.70. The Labute approximate surface area is 61.6 Å². The highest BCUT2D eigenvalue weighted by molar-refractivity contribution is 6.24. The summed E-state index contributed by atoms with van der Waals surface area (Å²) < 4.78 is 10.3. The van der Waals surface area contributed by atoms with Crippen molar-refractivity contribution < 1.29 is 9.39 Å². The van der Waals surface area contributed by atoms with E-state index in [9.17, 15) is 0 Å². The minimum Gasteiger partial charge on any atom is -0.393 e. The van der Waals surface area contributed by atoms with Crippen molar-refractivity contribution in [2.75, 3.05) is 19.7 Å². The molecule has 1 radical (unpaired) electrons. The van der Waals surface area contributed by atoms with Crippen LogP contribution in [0.15, 0.2) is 0 Å². The Hall–Kier alpha value is -0.0551. The molecule has 2 aliphatic heterocycles. The van der Waals surface area contributed by atoms with Gasteiger partial charge in [0.2, 0.25) is 6.29 Å². The first-order chi connectivity index (χ1) is 4.95. The van der Waals surface area contributed by atoms with Crippen molar-refractivity contribution in [2.24, 2.45) is 0 Å². The van der Waals surface area contributed by atoms with Crippen LogP contribution in [0.3, 0.4) is 0 Å². The molecule has 0 aromatic carbocycles. The number of rotatable bonds is 3. The summed E-state index contributed by atoms with van der Waals surface area (Å²) in [5, 5.41) is 0. The molecule has 4 heteroatoms. The molecule has 0 aromatic rings. The van der Waals surface area contributed by atoms with Gasteiger partial charge in [-0.25, -0.2) is 0 Å². The van der Waals surface area contributed by atoms with Crippen molar-refractivity contribution in [1.82, 2.24) is 4.81 Å². The second-order valence-corrected chi connectivity index (χ2v) is 2.72.